The minimum atomic E-state index is -0.229. The van der Waals surface area contributed by atoms with Crippen molar-refractivity contribution in [3.63, 3.8) is 0 Å². The zero-order valence-electron chi connectivity index (χ0n) is 10.8. The summed E-state index contributed by atoms with van der Waals surface area (Å²) in [4.78, 5) is 6.45. The molecular weight excluding hydrogens is 229 g/mol. The second kappa shape index (κ2) is 5.85. The van der Waals surface area contributed by atoms with Crippen LogP contribution in [0, 0.1) is 11.7 Å². The van der Waals surface area contributed by atoms with Gasteiger partial charge in [0, 0.05) is 13.1 Å². The lowest BCUT2D eigenvalue weighted by Gasteiger charge is -2.31. The zero-order chi connectivity index (χ0) is 13.0. The summed E-state index contributed by atoms with van der Waals surface area (Å²) < 4.78 is 13.0. The van der Waals surface area contributed by atoms with Gasteiger partial charge in [0.05, 0.1) is 6.54 Å². The third-order valence-electron chi connectivity index (χ3n) is 3.42. The van der Waals surface area contributed by atoms with Gasteiger partial charge in [-0.25, -0.2) is 9.38 Å². The topological polar surface area (TPSA) is 41.6 Å². The maximum atomic E-state index is 13.0. The number of halogens is 1. The molecule has 1 fully saturated rings. The number of aliphatic imine (C=N–C) groups is 1. The molecule has 2 rings (SSSR count). The van der Waals surface area contributed by atoms with E-state index >= 15 is 0 Å². The Kier molecular flexibility index (Phi) is 4.18. The summed E-state index contributed by atoms with van der Waals surface area (Å²) in [7, 11) is 0. The lowest BCUT2D eigenvalue weighted by atomic mass is 10.00. The van der Waals surface area contributed by atoms with Crippen LogP contribution in [0.4, 0.5) is 4.39 Å². The monoisotopic (exact) mass is 249 g/mol. The first-order valence-electron chi connectivity index (χ1n) is 6.44. The van der Waals surface area contributed by atoms with E-state index in [-0.39, 0.29) is 5.82 Å². The summed E-state index contributed by atoms with van der Waals surface area (Å²) in [6, 6.07) is 6.48. The molecule has 98 valence electrons. The van der Waals surface area contributed by atoms with E-state index in [0.717, 1.165) is 37.4 Å². The molecule has 18 heavy (non-hydrogen) atoms. The molecule has 1 aromatic carbocycles. The molecule has 0 saturated carbocycles. The molecular formula is C14H20FN3. The van der Waals surface area contributed by atoms with Crippen LogP contribution in [0.5, 0.6) is 0 Å². The highest BCUT2D eigenvalue weighted by Gasteiger charge is 2.16. The average Bonchev–Trinajstić information content (AvgIpc) is 2.37. The van der Waals surface area contributed by atoms with Crippen LogP contribution in [-0.2, 0) is 6.54 Å². The summed E-state index contributed by atoms with van der Waals surface area (Å²) >= 11 is 0. The minimum Gasteiger partial charge on any atom is -0.370 e. The maximum Gasteiger partial charge on any atom is 0.191 e. The van der Waals surface area contributed by atoms with Crippen molar-refractivity contribution < 1.29 is 4.39 Å². The van der Waals surface area contributed by atoms with Gasteiger partial charge in [-0.05, 0) is 36.5 Å². The fraction of sp³-hybridized carbons (Fsp3) is 0.500. The number of nitrogens with two attached hydrogens (primary N) is 1. The van der Waals surface area contributed by atoms with E-state index in [4.69, 9.17) is 5.73 Å². The number of likely N-dealkylation sites (tertiary alicyclic amines) is 1. The van der Waals surface area contributed by atoms with E-state index in [0.29, 0.717) is 12.5 Å². The van der Waals surface area contributed by atoms with Gasteiger partial charge in [0.1, 0.15) is 5.82 Å². The van der Waals surface area contributed by atoms with E-state index in [1.165, 1.54) is 12.1 Å². The second-order valence-electron chi connectivity index (χ2n) is 4.97. The Morgan fingerprint density at radius 2 is 2.17 bits per heavy atom. The Bertz CT molecular complexity index is 423. The quantitative estimate of drug-likeness (QED) is 0.646. The van der Waals surface area contributed by atoms with Gasteiger partial charge in [-0.1, -0.05) is 19.1 Å². The zero-order valence-corrected chi connectivity index (χ0v) is 10.8. The number of benzene rings is 1. The predicted octanol–water partition coefficient (Wildman–Crippen LogP) is 2.37. The molecule has 0 aliphatic carbocycles. The highest BCUT2D eigenvalue weighted by atomic mass is 19.1. The number of nitrogens with zero attached hydrogens (tertiary/aromatic N) is 2. The fourth-order valence-electron chi connectivity index (χ4n) is 2.15. The van der Waals surface area contributed by atoms with Crippen molar-refractivity contribution in [3.8, 4) is 0 Å². The summed E-state index contributed by atoms with van der Waals surface area (Å²) in [5.74, 6) is 1.12. The Morgan fingerprint density at radius 3 is 2.83 bits per heavy atom. The Balaban J connectivity index is 1.92. The first kappa shape index (κ1) is 12.9. The molecule has 1 saturated heterocycles. The van der Waals surface area contributed by atoms with E-state index in [9.17, 15) is 4.39 Å². The molecule has 1 aliphatic heterocycles. The summed E-state index contributed by atoms with van der Waals surface area (Å²) in [5, 5.41) is 0. The Hall–Kier alpha value is -1.58. The van der Waals surface area contributed by atoms with E-state index in [1.54, 1.807) is 6.07 Å². The Morgan fingerprint density at radius 1 is 1.44 bits per heavy atom. The van der Waals surface area contributed by atoms with Crippen molar-refractivity contribution in [1.82, 2.24) is 4.90 Å². The number of hydrogen-bond donors (Lipinski definition) is 1. The van der Waals surface area contributed by atoms with Crippen molar-refractivity contribution in [1.29, 1.82) is 0 Å². The maximum absolute atomic E-state index is 13.0. The fourth-order valence-corrected chi connectivity index (χ4v) is 2.15. The van der Waals surface area contributed by atoms with Gasteiger partial charge in [0.25, 0.3) is 0 Å². The first-order valence-corrected chi connectivity index (χ1v) is 6.44. The highest BCUT2D eigenvalue weighted by molar-refractivity contribution is 5.78. The largest absolute Gasteiger partial charge is 0.370 e. The SMILES string of the molecule is CC1CCN(C(N)=NCc2cccc(F)c2)CC1. The molecule has 2 N–H and O–H groups in total. The minimum absolute atomic E-state index is 0.229. The van der Waals surface area contributed by atoms with Crippen LogP contribution in [-0.4, -0.2) is 23.9 Å². The molecule has 0 bridgehead atoms. The van der Waals surface area contributed by atoms with Gasteiger partial charge < -0.3 is 10.6 Å². The van der Waals surface area contributed by atoms with Crippen LogP contribution in [0.15, 0.2) is 29.3 Å². The normalized spacial score (nSPS) is 18.1. The molecule has 0 radical (unpaired) electrons. The van der Waals surface area contributed by atoms with Crippen molar-refractivity contribution in [2.24, 2.45) is 16.6 Å². The molecule has 4 heteroatoms. The molecule has 0 amide bonds. The molecule has 1 aliphatic rings. The van der Waals surface area contributed by atoms with Crippen molar-refractivity contribution in [3.05, 3.63) is 35.6 Å². The predicted molar refractivity (Wildman–Crippen MR) is 71.7 cm³/mol. The van der Waals surface area contributed by atoms with E-state index < -0.39 is 0 Å². The van der Waals surface area contributed by atoms with Crippen molar-refractivity contribution in [2.45, 2.75) is 26.3 Å². The van der Waals surface area contributed by atoms with Gasteiger partial charge in [-0.3, -0.25) is 0 Å². The molecule has 0 atom stereocenters. The van der Waals surface area contributed by atoms with Crippen LogP contribution in [0.25, 0.3) is 0 Å². The van der Waals surface area contributed by atoms with Crippen LogP contribution in [0.1, 0.15) is 25.3 Å². The third kappa shape index (κ3) is 3.45. The van der Waals surface area contributed by atoms with E-state index in [1.807, 2.05) is 6.07 Å². The van der Waals surface area contributed by atoms with Crippen LogP contribution >= 0.6 is 0 Å². The summed E-state index contributed by atoms with van der Waals surface area (Å²) in [6.45, 7) is 4.65. The molecule has 0 aromatic heterocycles. The highest BCUT2D eigenvalue weighted by Crippen LogP contribution is 2.15. The molecule has 1 heterocycles. The summed E-state index contributed by atoms with van der Waals surface area (Å²) in [5.41, 5.74) is 6.81. The number of piperidine rings is 1. The number of guanidine groups is 1. The van der Waals surface area contributed by atoms with Gasteiger partial charge >= 0.3 is 0 Å². The van der Waals surface area contributed by atoms with Gasteiger partial charge in [0.2, 0.25) is 0 Å². The van der Waals surface area contributed by atoms with Crippen molar-refractivity contribution in [2.75, 3.05) is 13.1 Å². The van der Waals surface area contributed by atoms with Gasteiger partial charge in [-0.2, -0.15) is 0 Å². The lowest BCUT2D eigenvalue weighted by Crippen LogP contribution is -2.42. The van der Waals surface area contributed by atoms with Gasteiger partial charge in [0.15, 0.2) is 5.96 Å². The molecule has 0 spiro atoms. The second-order valence-corrected chi connectivity index (χ2v) is 4.97. The number of rotatable bonds is 2. The average molecular weight is 249 g/mol. The van der Waals surface area contributed by atoms with E-state index in [2.05, 4.69) is 16.8 Å². The van der Waals surface area contributed by atoms with Crippen LogP contribution in [0.2, 0.25) is 0 Å². The Labute approximate surface area is 108 Å². The van der Waals surface area contributed by atoms with Gasteiger partial charge in [-0.15, -0.1) is 0 Å². The van der Waals surface area contributed by atoms with Crippen molar-refractivity contribution >= 4 is 5.96 Å². The lowest BCUT2D eigenvalue weighted by molar-refractivity contribution is 0.277. The molecule has 0 unspecified atom stereocenters. The first-order chi connectivity index (χ1) is 8.65. The smallest absolute Gasteiger partial charge is 0.191 e. The standard InChI is InChI=1S/C14H20FN3/c1-11-5-7-18(8-6-11)14(16)17-10-12-3-2-4-13(15)9-12/h2-4,9,11H,5-8,10H2,1H3,(H2,16,17). The van der Waals surface area contributed by atoms with Crippen LogP contribution in [0.3, 0.4) is 0 Å². The van der Waals surface area contributed by atoms with Crippen LogP contribution < -0.4 is 5.73 Å². The molecule has 3 nitrogen and oxygen atoms in total. The number of hydrogen-bond acceptors (Lipinski definition) is 1. The molecule has 1 aromatic rings. The summed E-state index contributed by atoms with van der Waals surface area (Å²) in [6.07, 6.45) is 2.33. The third-order valence-corrected chi connectivity index (χ3v) is 3.42.